The lowest BCUT2D eigenvalue weighted by molar-refractivity contribution is -0.305. The van der Waals surface area contributed by atoms with E-state index in [0.29, 0.717) is 19.3 Å². The van der Waals surface area contributed by atoms with Crippen LogP contribution in [0.5, 0.6) is 0 Å². The molecule has 1 saturated heterocycles. The maximum Gasteiger partial charge on any atom is 0.306 e. The Labute approximate surface area is 548 Å². The van der Waals surface area contributed by atoms with E-state index in [1.165, 1.54) is 244 Å². The van der Waals surface area contributed by atoms with E-state index in [-0.39, 0.29) is 13.0 Å². The monoisotopic (exact) mass is 1250 g/mol. The van der Waals surface area contributed by atoms with Crippen molar-refractivity contribution in [2.24, 2.45) is 0 Å². The minimum absolute atomic E-state index is 0.122. The second-order valence-corrected chi connectivity index (χ2v) is 26.4. The summed E-state index contributed by atoms with van der Waals surface area (Å²) >= 11 is 0. The smallest absolute Gasteiger partial charge is 0.306 e. The number of hydrogen-bond acceptors (Lipinski definition) is 10. The number of aliphatic hydroxyl groups is 5. The van der Waals surface area contributed by atoms with Gasteiger partial charge < -0.3 is 45.1 Å². The molecule has 0 bridgehead atoms. The number of nitrogens with one attached hydrogen (secondary N) is 1. The highest BCUT2D eigenvalue weighted by molar-refractivity contribution is 5.80. The molecular formula is C78H143NO10. The van der Waals surface area contributed by atoms with Gasteiger partial charge in [0.25, 0.3) is 0 Å². The molecular weight excluding hydrogens is 1110 g/mol. The van der Waals surface area contributed by atoms with E-state index >= 15 is 0 Å². The number of amides is 1. The third-order valence-electron chi connectivity index (χ3n) is 17.9. The largest absolute Gasteiger partial charge is 0.454 e. The van der Waals surface area contributed by atoms with Crippen molar-refractivity contribution in [2.45, 2.75) is 410 Å². The Morgan fingerprint density at radius 3 is 1.19 bits per heavy atom. The standard InChI is InChI=1S/C78H143NO10/c1-4-7-10-13-16-19-22-24-26-28-30-32-34-36-38-40-42-44-46-48-51-54-57-60-63-66-73(83)89-76-75(85)74(84)72(67-80)88-78(76)87-68-69(70(81)64-61-58-55-52-49-21-18-15-12-9-6-3)79-77(86)71(82)65-62-59-56-53-50-47-45-43-41-39-37-35-33-31-29-27-25-23-20-17-14-11-8-5-2/h16,19,24-27,30,32,61,64,69-72,74-76,78,80-82,84-85H,4-15,17-18,20-23,28-29,31,33-60,62-63,65-68H2,1-3H3,(H,79,86)/b19-16-,26-24-,27-25+,32-30-,64-61+. The summed E-state index contributed by atoms with van der Waals surface area (Å²) in [5.41, 5.74) is 0. The van der Waals surface area contributed by atoms with Gasteiger partial charge in [0.2, 0.25) is 5.91 Å². The van der Waals surface area contributed by atoms with Gasteiger partial charge >= 0.3 is 5.97 Å². The average molecular weight is 1250 g/mol. The summed E-state index contributed by atoms with van der Waals surface area (Å²) in [6.07, 6.45) is 74.1. The molecule has 1 aliphatic heterocycles. The molecule has 0 aromatic rings. The van der Waals surface area contributed by atoms with Crippen LogP contribution in [0.4, 0.5) is 0 Å². The number of allylic oxidation sites excluding steroid dienone is 9. The molecule has 11 nitrogen and oxygen atoms in total. The number of ether oxygens (including phenoxy) is 3. The summed E-state index contributed by atoms with van der Waals surface area (Å²) in [5.74, 6) is -1.18. The van der Waals surface area contributed by atoms with Crippen LogP contribution >= 0.6 is 0 Å². The van der Waals surface area contributed by atoms with Crippen LogP contribution in [0.15, 0.2) is 60.8 Å². The van der Waals surface area contributed by atoms with Gasteiger partial charge in [-0.3, -0.25) is 9.59 Å². The predicted molar refractivity (Wildman–Crippen MR) is 375 cm³/mol. The van der Waals surface area contributed by atoms with Gasteiger partial charge in [0, 0.05) is 6.42 Å². The molecule has 0 spiro atoms. The summed E-state index contributed by atoms with van der Waals surface area (Å²) in [5, 5.41) is 57.3. The molecule has 1 amide bonds. The van der Waals surface area contributed by atoms with Crippen molar-refractivity contribution < 1.29 is 49.3 Å². The lowest BCUT2D eigenvalue weighted by Gasteiger charge is -2.41. The lowest BCUT2D eigenvalue weighted by Crippen LogP contribution is -2.61. The zero-order valence-corrected chi connectivity index (χ0v) is 58.1. The highest BCUT2D eigenvalue weighted by Crippen LogP contribution is 2.26. The van der Waals surface area contributed by atoms with Crippen molar-refractivity contribution in [1.82, 2.24) is 5.32 Å². The summed E-state index contributed by atoms with van der Waals surface area (Å²) in [6, 6.07) is -1.02. The van der Waals surface area contributed by atoms with Crippen LogP contribution < -0.4 is 5.32 Å². The fourth-order valence-electron chi connectivity index (χ4n) is 11.9. The van der Waals surface area contributed by atoms with Gasteiger partial charge in [-0.05, 0) is 89.9 Å². The maximum absolute atomic E-state index is 13.5. The Balaban J connectivity index is 2.50. The fraction of sp³-hybridized carbons (Fsp3) is 0.846. The van der Waals surface area contributed by atoms with Crippen LogP contribution in [0.3, 0.4) is 0 Å². The summed E-state index contributed by atoms with van der Waals surface area (Å²) in [4.78, 5) is 26.7. The first-order valence-electron chi connectivity index (χ1n) is 38.1. The molecule has 6 N–H and O–H groups in total. The molecule has 0 aromatic heterocycles. The van der Waals surface area contributed by atoms with Gasteiger partial charge in [-0.2, -0.15) is 0 Å². The van der Waals surface area contributed by atoms with Crippen molar-refractivity contribution in [2.75, 3.05) is 13.2 Å². The van der Waals surface area contributed by atoms with Crippen LogP contribution in [0.1, 0.15) is 361 Å². The third kappa shape index (κ3) is 52.4. The number of carbonyl (C=O) groups excluding carboxylic acids is 2. The van der Waals surface area contributed by atoms with E-state index in [0.717, 1.165) is 70.6 Å². The second-order valence-electron chi connectivity index (χ2n) is 26.4. The van der Waals surface area contributed by atoms with Gasteiger partial charge in [-0.1, -0.05) is 326 Å². The maximum atomic E-state index is 13.5. The Bertz CT molecular complexity index is 1680. The summed E-state index contributed by atoms with van der Waals surface area (Å²) < 4.78 is 17.7. The Kier molecular flexibility index (Phi) is 62.0. The van der Waals surface area contributed by atoms with E-state index in [1.54, 1.807) is 6.08 Å². The highest BCUT2D eigenvalue weighted by atomic mass is 16.7. The van der Waals surface area contributed by atoms with Gasteiger partial charge in [-0.15, -0.1) is 0 Å². The summed E-state index contributed by atoms with van der Waals surface area (Å²) in [7, 11) is 0. The van der Waals surface area contributed by atoms with Gasteiger partial charge in [0.15, 0.2) is 12.4 Å². The Hall–Kier alpha value is -2.64. The molecule has 8 unspecified atom stereocenters. The molecule has 1 fully saturated rings. The third-order valence-corrected chi connectivity index (χ3v) is 17.9. The van der Waals surface area contributed by atoms with Crippen molar-refractivity contribution in [3.8, 4) is 0 Å². The molecule has 1 rings (SSSR count). The first kappa shape index (κ1) is 84.4. The molecule has 0 aromatic carbocycles. The van der Waals surface area contributed by atoms with Crippen LogP contribution in [-0.2, 0) is 23.8 Å². The number of esters is 1. The Morgan fingerprint density at radius 2 is 0.775 bits per heavy atom. The number of carbonyl (C=O) groups is 2. The van der Waals surface area contributed by atoms with Crippen molar-refractivity contribution in [3.63, 3.8) is 0 Å². The normalized spacial score (nSPS) is 18.4. The fourth-order valence-corrected chi connectivity index (χ4v) is 11.9. The van der Waals surface area contributed by atoms with E-state index in [1.807, 2.05) is 6.08 Å². The topological polar surface area (TPSA) is 175 Å². The Morgan fingerprint density at radius 1 is 0.438 bits per heavy atom. The molecule has 89 heavy (non-hydrogen) atoms. The number of rotatable bonds is 66. The number of hydrogen-bond donors (Lipinski definition) is 6. The van der Waals surface area contributed by atoms with E-state index < -0.39 is 67.4 Å². The first-order chi connectivity index (χ1) is 43.7. The zero-order chi connectivity index (χ0) is 64.6. The minimum Gasteiger partial charge on any atom is -0.454 e. The number of aliphatic hydroxyl groups excluding tert-OH is 5. The average Bonchev–Trinajstić information content (AvgIpc) is 3.71. The van der Waals surface area contributed by atoms with Crippen LogP contribution in [0.2, 0.25) is 0 Å². The minimum atomic E-state index is -1.62. The zero-order valence-electron chi connectivity index (χ0n) is 58.1. The van der Waals surface area contributed by atoms with Crippen LogP contribution in [0, 0.1) is 0 Å². The quantitative estimate of drug-likeness (QED) is 0.0195. The SMILES string of the molecule is CCCCC/C=C\C/C=C\C/C=C\CCCCCCCCCCCCCCC(=O)OC1C(OCC(NC(=O)C(O)CCCCCCCCCCCCCCCC/C=C/CCCCCCCC)C(O)/C=C/CCCCCCCCCCC)OC(CO)C(O)C1O. The van der Waals surface area contributed by atoms with E-state index in [4.69, 9.17) is 14.2 Å². The van der Waals surface area contributed by atoms with Crippen LogP contribution in [-0.4, -0.2) is 99.6 Å². The van der Waals surface area contributed by atoms with Gasteiger partial charge in [0.05, 0.1) is 25.4 Å². The van der Waals surface area contributed by atoms with Crippen molar-refractivity contribution in [3.05, 3.63) is 60.8 Å². The number of unbranched alkanes of at least 4 members (excludes halogenated alkanes) is 44. The molecule has 520 valence electrons. The second kappa shape index (κ2) is 65.4. The lowest BCUT2D eigenvalue weighted by atomic mass is 9.99. The molecule has 1 heterocycles. The van der Waals surface area contributed by atoms with Crippen LogP contribution in [0.25, 0.3) is 0 Å². The molecule has 8 atom stereocenters. The molecule has 1 aliphatic rings. The molecule has 0 aliphatic carbocycles. The summed E-state index contributed by atoms with van der Waals surface area (Å²) in [6.45, 7) is 5.80. The molecule has 11 heteroatoms. The van der Waals surface area contributed by atoms with Gasteiger partial charge in [-0.25, -0.2) is 0 Å². The predicted octanol–water partition coefficient (Wildman–Crippen LogP) is 20.1. The van der Waals surface area contributed by atoms with E-state index in [9.17, 15) is 35.1 Å². The highest BCUT2D eigenvalue weighted by Gasteiger charge is 2.47. The van der Waals surface area contributed by atoms with Gasteiger partial charge in [0.1, 0.15) is 24.4 Å². The van der Waals surface area contributed by atoms with Crippen molar-refractivity contribution >= 4 is 11.9 Å². The first-order valence-corrected chi connectivity index (χ1v) is 38.1. The molecule has 0 saturated carbocycles. The van der Waals surface area contributed by atoms with E-state index in [2.05, 4.69) is 74.7 Å². The van der Waals surface area contributed by atoms with Crippen molar-refractivity contribution in [1.29, 1.82) is 0 Å². The molecule has 0 radical (unpaired) electrons.